The van der Waals surface area contributed by atoms with Crippen LogP contribution in [-0.2, 0) is 15.1 Å². The molecule has 0 bridgehead atoms. The van der Waals surface area contributed by atoms with E-state index in [2.05, 4.69) is 9.72 Å². The lowest BCUT2D eigenvalue weighted by Gasteiger charge is -2.29. The number of H-pyrrole nitrogens is 1. The summed E-state index contributed by atoms with van der Waals surface area (Å²) in [5, 5.41) is -0.122. The van der Waals surface area contributed by atoms with E-state index < -0.39 is 29.1 Å². The van der Waals surface area contributed by atoms with E-state index in [1.54, 1.807) is 0 Å². The van der Waals surface area contributed by atoms with Crippen molar-refractivity contribution in [2.24, 2.45) is 5.73 Å². The molecule has 21 heavy (non-hydrogen) atoms. The van der Waals surface area contributed by atoms with Gasteiger partial charge in [-0.25, -0.2) is 9.18 Å². The number of aromatic amines is 1. The van der Waals surface area contributed by atoms with E-state index in [-0.39, 0.29) is 17.5 Å². The SMILES string of the molecule is CCOC(=O)C(N)(c1c[nH]c2ccc(F)cc12)C(F)(F)F. The lowest BCUT2D eigenvalue weighted by molar-refractivity contribution is -0.208. The van der Waals surface area contributed by atoms with Gasteiger partial charge in [-0.05, 0) is 25.1 Å². The smallest absolute Gasteiger partial charge is 0.421 e. The average Bonchev–Trinajstić information content (AvgIpc) is 2.79. The highest BCUT2D eigenvalue weighted by molar-refractivity contribution is 5.93. The standard InChI is InChI=1S/C13H12F4N2O2/c1-2-21-11(20)12(18,13(15,16)17)9-6-19-10-4-3-7(14)5-8(9)10/h3-6,19H,2,18H2,1H3. The fourth-order valence-electron chi connectivity index (χ4n) is 2.04. The molecule has 8 heteroatoms. The van der Waals surface area contributed by atoms with Gasteiger partial charge in [0, 0.05) is 22.7 Å². The van der Waals surface area contributed by atoms with Crippen LogP contribution >= 0.6 is 0 Å². The molecule has 0 aliphatic rings. The van der Waals surface area contributed by atoms with E-state index in [4.69, 9.17) is 5.73 Å². The topological polar surface area (TPSA) is 68.1 Å². The van der Waals surface area contributed by atoms with Crippen molar-refractivity contribution in [2.45, 2.75) is 18.6 Å². The van der Waals surface area contributed by atoms with Gasteiger partial charge in [0.2, 0.25) is 5.54 Å². The number of carbonyl (C=O) groups excluding carboxylic acids is 1. The monoisotopic (exact) mass is 304 g/mol. The van der Waals surface area contributed by atoms with Gasteiger partial charge in [-0.3, -0.25) is 0 Å². The molecule has 114 valence electrons. The third-order valence-electron chi connectivity index (χ3n) is 3.11. The number of hydrogen-bond acceptors (Lipinski definition) is 3. The molecule has 0 saturated heterocycles. The Morgan fingerprint density at radius 2 is 2.05 bits per heavy atom. The van der Waals surface area contributed by atoms with Gasteiger partial charge in [0.1, 0.15) is 5.82 Å². The minimum atomic E-state index is -5.10. The van der Waals surface area contributed by atoms with Crippen LogP contribution in [0.3, 0.4) is 0 Å². The Kier molecular flexibility index (Phi) is 3.66. The van der Waals surface area contributed by atoms with Crippen LogP contribution in [0.1, 0.15) is 12.5 Å². The molecule has 1 aromatic carbocycles. The molecule has 3 N–H and O–H groups in total. The summed E-state index contributed by atoms with van der Waals surface area (Å²) in [5.74, 6) is -2.38. The lowest BCUT2D eigenvalue weighted by atomic mass is 9.90. The van der Waals surface area contributed by atoms with E-state index in [0.29, 0.717) is 0 Å². The van der Waals surface area contributed by atoms with E-state index in [1.807, 2.05) is 0 Å². The second-order valence-electron chi connectivity index (χ2n) is 4.42. The van der Waals surface area contributed by atoms with Crippen molar-refractivity contribution in [3.05, 3.63) is 35.8 Å². The number of fused-ring (bicyclic) bond motifs is 1. The fraction of sp³-hybridized carbons (Fsp3) is 0.308. The maximum atomic E-state index is 13.3. The van der Waals surface area contributed by atoms with Crippen LogP contribution < -0.4 is 5.73 Å². The summed E-state index contributed by atoms with van der Waals surface area (Å²) in [5.41, 5.74) is 1.63. The average molecular weight is 304 g/mol. The lowest BCUT2D eigenvalue weighted by Crippen LogP contribution is -2.57. The Hall–Kier alpha value is -2.09. The second kappa shape index (κ2) is 5.03. The van der Waals surface area contributed by atoms with Gasteiger partial charge < -0.3 is 15.5 Å². The molecular weight excluding hydrogens is 292 g/mol. The van der Waals surface area contributed by atoms with Crippen molar-refractivity contribution in [1.82, 2.24) is 4.98 Å². The zero-order valence-corrected chi connectivity index (χ0v) is 10.9. The normalized spacial score (nSPS) is 15.0. The molecule has 0 aliphatic heterocycles. The van der Waals surface area contributed by atoms with Crippen molar-refractivity contribution in [3.8, 4) is 0 Å². The third kappa shape index (κ3) is 2.35. The molecule has 1 atom stereocenters. The Morgan fingerprint density at radius 3 is 2.62 bits per heavy atom. The van der Waals surface area contributed by atoms with Crippen molar-refractivity contribution < 1.29 is 27.1 Å². The van der Waals surface area contributed by atoms with Gasteiger partial charge in [0.05, 0.1) is 6.61 Å². The first-order chi connectivity index (χ1) is 9.71. The van der Waals surface area contributed by atoms with Crippen LogP contribution in [0.15, 0.2) is 24.4 Å². The first kappa shape index (κ1) is 15.3. The third-order valence-corrected chi connectivity index (χ3v) is 3.11. The largest absolute Gasteiger partial charge is 0.464 e. The number of aromatic nitrogens is 1. The number of hydrogen-bond donors (Lipinski definition) is 2. The minimum Gasteiger partial charge on any atom is -0.464 e. The molecule has 2 aromatic rings. The number of rotatable bonds is 3. The number of carbonyl (C=O) groups is 1. The van der Waals surface area contributed by atoms with E-state index in [9.17, 15) is 22.4 Å². The molecule has 2 rings (SSSR count). The highest BCUT2D eigenvalue weighted by Crippen LogP contribution is 2.41. The first-order valence-electron chi connectivity index (χ1n) is 6.01. The highest BCUT2D eigenvalue weighted by atomic mass is 19.4. The first-order valence-corrected chi connectivity index (χ1v) is 6.01. The predicted octanol–water partition coefficient (Wildman–Crippen LogP) is 2.59. The molecular formula is C13H12F4N2O2. The zero-order chi connectivity index (χ0) is 15.8. The number of alkyl halides is 3. The van der Waals surface area contributed by atoms with E-state index >= 15 is 0 Å². The molecule has 0 fully saturated rings. The number of nitrogens with two attached hydrogens (primary N) is 1. The molecule has 0 spiro atoms. The summed E-state index contributed by atoms with van der Waals surface area (Å²) in [6.45, 7) is 1.11. The summed E-state index contributed by atoms with van der Waals surface area (Å²) >= 11 is 0. The highest BCUT2D eigenvalue weighted by Gasteiger charge is 2.61. The molecule has 0 amide bonds. The van der Waals surface area contributed by atoms with E-state index in [1.165, 1.54) is 13.0 Å². The van der Waals surface area contributed by atoms with Crippen LogP contribution in [0.2, 0.25) is 0 Å². The Labute approximate surface area is 116 Å². The van der Waals surface area contributed by atoms with Crippen molar-refractivity contribution >= 4 is 16.9 Å². The quantitative estimate of drug-likeness (QED) is 0.676. The number of esters is 1. The molecule has 4 nitrogen and oxygen atoms in total. The molecule has 1 heterocycles. The number of nitrogens with one attached hydrogen (secondary N) is 1. The maximum Gasteiger partial charge on any atom is 0.421 e. The van der Waals surface area contributed by atoms with Gasteiger partial charge in [-0.1, -0.05) is 0 Å². The van der Waals surface area contributed by atoms with Crippen LogP contribution in [0.5, 0.6) is 0 Å². The molecule has 1 unspecified atom stereocenters. The van der Waals surface area contributed by atoms with Gasteiger partial charge in [0.15, 0.2) is 0 Å². The number of benzene rings is 1. The molecule has 0 saturated carbocycles. The van der Waals surface area contributed by atoms with E-state index in [0.717, 1.165) is 18.3 Å². The van der Waals surface area contributed by atoms with Gasteiger partial charge in [-0.15, -0.1) is 0 Å². The summed E-state index contributed by atoms with van der Waals surface area (Å²) in [7, 11) is 0. The van der Waals surface area contributed by atoms with Crippen molar-refractivity contribution in [2.75, 3.05) is 6.61 Å². The minimum absolute atomic E-state index is 0.122. The molecule has 0 aliphatic carbocycles. The molecule has 1 aromatic heterocycles. The van der Waals surface area contributed by atoms with Gasteiger partial charge in [0.25, 0.3) is 0 Å². The fourth-order valence-corrected chi connectivity index (χ4v) is 2.04. The Bertz CT molecular complexity index is 680. The summed E-state index contributed by atoms with van der Waals surface area (Å²) in [4.78, 5) is 14.3. The van der Waals surface area contributed by atoms with Crippen LogP contribution in [0, 0.1) is 5.82 Å². The zero-order valence-electron chi connectivity index (χ0n) is 10.9. The van der Waals surface area contributed by atoms with Gasteiger partial charge >= 0.3 is 12.1 Å². The Morgan fingerprint density at radius 1 is 1.38 bits per heavy atom. The van der Waals surface area contributed by atoms with Crippen molar-refractivity contribution in [3.63, 3.8) is 0 Å². The number of ether oxygens (including phenoxy) is 1. The van der Waals surface area contributed by atoms with Crippen LogP contribution in [0.25, 0.3) is 10.9 Å². The van der Waals surface area contributed by atoms with Crippen molar-refractivity contribution in [1.29, 1.82) is 0 Å². The predicted molar refractivity (Wildman–Crippen MR) is 66.8 cm³/mol. The number of halogens is 4. The van der Waals surface area contributed by atoms with Crippen LogP contribution in [0.4, 0.5) is 17.6 Å². The van der Waals surface area contributed by atoms with Crippen LogP contribution in [-0.4, -0.2) is 23.7 Å². The molecule has 0 radical (unpaired) electrons. The second-order valence-corrected chi connectivity index (χ2v) is 4.42. The summed E-state index contributed by atoms with van der Waals surface area (Å²) < 4.78 is 57.7. The van der Waals surface area contributed by atoms with Gasteiger partial charge in [-0.2, -0.15) is 13.2 Å². The summed E-state index contributed by atoms with van der Waals surface area (Å²) in [6.07, 6.45) is -4.16. The maximum absolute atomic E-state index is 13.3. The Balaban J connectivity index is 2.70. The summed E-state index contributed by atoms with van der Waals surface area (Å²) in [6, 6.07) is 3.22.